The number of carbonyl (C=O) groups excluding carboxylic acids is 9. The summed E-state index contributed by atoms with van der Waals surface area (Å²) < 4.78 is 0. The molecule has 420 valence electrons. The number of rotatable bonds is 15. The summed E-state index contributed by atoms with van der Waals surface area (Å²) >= 11 is 0. The van der Waals surface area contributed by atoms with Crippen LogP contribution in [0.2, 0.25) is 0 Å². The van der Waals surface area contributed by atoms with E-state index in [1.54, 1.807) is 90.1 Å². The zero-order chi connectivity index (χ0) is 56.8. The fourth-order valence-corrected chi connectivity index (χ4v) is 8.05. The first kappa shape index (κ1) is 63.1. The molecule has 1 fully saturated rings. The van der Waals surface area contributed by atoms with Gasteiger partial charge in [-0.2, -0.15) is 0 Å². The highest BCUT2D eigenvalue weighted by Crippen LogP contribution is 2.19. The third-order valence-corrected chi connectivity index (χ3v) is 12.7. The Hall–Kier alpha value is -7.22. The van der Waals surface area contributed by atoms with Crippen LogP contribution in [0.4, 0.5) is 0 Å². The smallest absolute Gasteiger partial charge is 0.245 e. The Morgan fingerprint density at radius 2 is 1.14 bits per heavy atom. The molecule has 25 nitrogen and oxygen atoms in total. The molecule has 2 aromatic rings. The summed E-state index contributed by atoms with van der Waals surface area (Å²) in [5.41, 5.74) is 18.5. The Morgan fingerprint density at radius 1 is 0.618 bits per heavy atom. The van der Waals surface area contributed by atoms with E-state index in [-0.39, 0.29) is 49.7 Å². The van der Waals surface area contributed by atoms with Crippen LogP contribution in [0.5, 0.6) is 0 Å². The highest BCUT2D eigenvalue weighted by Gasteiger charge is 2.39. The number of aliphatic hydroxyl groups is 3. The first-order valence-corrected chi connectivity index (χ1v) is 25.4. The zero-order valence-electron chi connectivity index (χ0n) is 44.2. The van der Waals surface area contributed by atoms with E-state index in [0.29, 0.717) is 12.0 Å². The lowest BCUT2D eigenvalue weighted by atomic mass is 9.95. The van der Waals surface area contributed by atoms with Gasteiger partial charge in [0.05, 0.1) is 31.4 Å². The van der Waals surface area contributed by atoms with Gasteiger partial charge in [0.15, 0.2) is 5.96 Å². The summed E-state index contributed by atoms with van der Waals surface area (Å²) in [5.74, 6) is -10.4. The number of guanidine groups is 1. The maximum absolute atomic E-state index is 14.4. The van der Waals surface area contributed by atoms with Crippen LogP contribution >= 0.6 is 0 Å². The Bertz CT molecular complexity index is 2300. The zero-order valence-corrected chi connectivity index (χ0v) is 44.2. The summed E-state index contributed by atoms with van der Waals surface area (Å²) in [6.07, 6.45) is -2.95. The summed E-state index contributed by atoms with van der Waals surface area (Å²) in [6.45, 7) is 9.53. The maximum Gasteiger partial charge on any atom is 0.245 e. The van der Waals surface area contributed by atoms with Gasteiger partial charge >= 0.3 is 0 Å². The molecule has 76 heavy (non-hydrogen) atoms. The second-order valence-electron chi connectivity index (χ2n) is 19.7. The molecule has 1 aliphatic rings. The van der Waals surface area contributed by atoms with Gasteiger partial charge in [-0.25, -0.2) is 0 Å². The van der Waals surface area contributed by atoms with Crippen LogP contribution in [-0.2, 0) is 49.6 Å². The van der Waals surface area contributed by atoms with Crippen LogP contribution in [0, 0.1) is 17.8 Å². The van der Waals surface area contributed by atoms with Gasteiger partial charge < -0.3 is 80.4 Å². The highest BCUT2D eigenvalue weighted by atomic mass is 16.3. The largest absolute Gasteiger partial charge is 0.394 e. The van der Waals surface area contributed by atoms with E-state index in [9.17, 15) is 58.5 Å². The molecule has 2 aromatic carbocycles. The molecule has 0 aliphatic carbocycles. The minimum atomic E-state index is -1.76. The number of carbonyl (C=O) groups is 9. The lowest BCUT2D eigenvalue weighted by Crippen LogP contribution is -2.63. The summed E-state index contributed by atoms with van der Waals surface area (Å²) in [7, 11) is 0. The second-order valence-corrected chi connectivity index (χ2v) is 19.7. The van der Waals surface area contributed by atoms with Crippen molar-refractivity contribution < 1.29 is 58.5 Å². The van der Waals surface area contributed by atoms with Crippen LogP contribution in [0.1, 0.15) is 91.3 Å². The van der Waals surface area contributed by atoms with Crippen LogP contribution in [0.25, 0.3) is 0 Å². The molecule has 0 spiro atoms. The van der Waals surface area contributed by atoms with Crippen molar-refractivity contribution in [2.24, 2.45) is 39.9 Å². The Balaban J connectivity index is 2.21. The number of hydrogen-bond donors (Lipinski definition) is 15. The number of aliphatic imine (C=N–C) groups is 1. The highest BCUT2D eigenvalue weighted by molar-refractivity contribution is 5.98. The summed E-state index contributed by atoms with van der Waals surface area (Å²) in [5, 5.41) is 55.5. The molecule has 0 unspecified atom stereocenters. The summed E-state index contributed by atoms with van der Waals surface area (Å²) in [4.78, 5) is 131. The van der Waals surface area contributed by atoms with E-state index < -0.39 is 145 Å². The Labute approximate surface area is 442 Å². The molecule has 9 amide bonds. The van der Waals surface area contributed by atoms with Gasteiger partial charge in [-0.05, 0) is 55.1 Å². The standard InChI is InChI=1S/C51H79N13O12/c1-8-28(6)38-49(75)62-39(29(7)66)48(74)56-24-36(67)57-34(23-30-16-11-9-12-17-30)45(71)60-35(25-65)46(72)63-40(31-18-13-10-14-19-31)37(52)47(73)64-41(42(68)27(4)5)50(76)59-33(22-26(2)3)44(70)58-32(43(69)61-38)20-15-21-55-51(53)54/h9-14,16-19,26-29,32-35,37-42,65-66,68H,8,15,20-25,52H2,1-7H3,(H,56,74)(H,57,67)(H,58,70)(H,59,76)(H,60,71)(H,61,69)(H,62,75)(H,63,72)(H,64,73)(H4,53,54,55)/t28-,29-,32+,33-,34-,35-,37-,38-,39-,40+,41-,42+/m0/s1. The molecule has 18 N–H and O–H groups in total. The van der Waals surface area contributed by atoms with E-state index in [1.807, 2.05) is 0 Å². The van der Waals surface area contributed by atoms with Crippen molar-refractivity contribution in [1.29, 1.82) is 0 Å². The molecule has 1 heterocycles. The third-order valence-electron chi connectivity index (χ3n) is 12.7. The average Bonchev–Trinajstić information content (AvgIpc) is 3.38. The number of benzene rings is 2. The maximum atomic E-state index is 14.4. The molecule has 3 rings (SSSR count). The quantitative estimate of drug-likeness (QED) is 0.0467. The number of hydrogen-bond acceptors (Lipinski definition) is 14. The third kappa shape index (κ3) is 19.8. The van der Waals surface area contributed by atoms with Crippen molar-refractivity contribution >= 4 is 59.1 Å². The topological polar surface area (TPSA) is 413 Å². The molecule has 12 atom stereocenters. The van der Waals surface area contributed by atoms with Gasteiger partial charge in [0.1, 0.15) is 48.3 Å². The number of aliphatic hydroxyl groups excluding tert-OH is 3. The number of nitrogens with two attached hydrogens (primary N) is 3. The van der Waals surface area contributed by atoms with Crippen LogP contribution in [-0.4, -0.2) is 155 Å². The number of nitrogens with zero attached hydrogens (tertiary/aromatic N) is 1. The van der Waals surface area contributed by atoms with Crippen LogP contribution in [0.15, 0.2) is 65.7 Å². The molecular formula is C51H79N13O12. The molecule has 0 radical (unpaired) electrons. The minimum absolute atomic E-state index is 0.0160. The van der Waals surface area contributed by atoms with Crippen LogP contribution in [0.3, 0.4) is 0 Å². The molecule has 0 aromatic heterocycles. The normalized spacial score (nSPS) is 25.8. The van der Waals surface area contributed by atoms with Crippen LogP contribution < -0.4 is 65.1 Å². The minimum Gasteiger partial charge on any atom is -0.394 e. The fraction of sp³-hybridized carbons (Fsp3) is 0.569. The monoisotopic (exact) mass is 1070 g/mol. The molecule has 1 saturated heterocycles. The molecule has 1 aliphatic heterocycles. The SMILES string of the molecule is CC[C@H](C)[C@@H]1NC(=O)[C@@H](CCCN=C(N)N)NC(=O)[C@H](CC(C)C)NC(=O)[C@H]([C@H](O)C(C)C)NC(=O)[C@@H](N)[C@@H](c2ccccc2)NC(=O)[C@H](CO)NC(=O)[C@H](Cc2ccccc2)NC(=O)CNC(=O)[C@H]([C@H](C)O)NC1=O. The van der Waals surface area contributed by atoms with Crippen molar-refractivity contribution in [3.8, 4) is 0 Å². The fourth-order valence-electron chi connectivity index (χ4n) is 8.05. The van der Waals surface area contributed by atoms with Crippen molar-refractivity contribution in [2.45, 2.75) is 147 Å². The number of nitrogens with one attached hydrogen (secondary N) is 9. The molecule has 0 saturated carbocycles. The lowest BCUT2D eigenvalue weighted by Gasteiger charge is -2.32. The number of amides is 9. The van der Waals surface area contributed by atoms with E-state index in [0.717, 1.165) is 0 Å². The van der Waals surface area contributed by atoms with Gasteiger partial charge in [0, 0.05) is 13.0 Å². The van der Waals surface area contributed by atoms with Crippen molar-refractivity contribution in [3.63, 3.8) is 0 Å². The Morgan fingerprint density at radius 3 is 1.71 bits per heavy atom. The summed E-state index contributed by atoms with van der Waals surface area (Å²) in [6, 6.07) is 2.48. The first-order valence-electron chi connectivity index (χ1n) is 25.4. The molecule has 25 heteroatoms. The second kappa shape index (κ2) is 31.0. The van der Waals surface area contributed by atoms with Gasteiger partial charge in [-0.1, -0.05) is 109 Å². The molecule has 0 bridgehead atoms. The average molecular weight is 1070 g/mol. The van der Waals surface area contributed by atoms with Crippen molar-refractivity contribution in [3.05, 3.63) is 71.8 Å². The van der Waals surface area contributed by atoms with Gasteiger partial charge in [0.2, 0.25) is 53.2 Å². The van der Waals surface area contributed by atoms with E-state index >= 15 is 0 Å². The lowest BCUT2D eigenvalue weighted by molar-refractivity contribution is -0.138. The van der Waals surface area contributed by atoms with Crippen molar-refractivity contribution in [2.75, 3.05) is 19.7 Å². The van der Waals surface area contributed by atoms with E-state index in [1.165, 1.54) is 19.1 Å². The van der Waals surface area contributed by atoms with E-state index in [2.05, 4.69) is 52.8 Å². The Kier molecular flexibility index (Phi) is 25.7. The van der Waals surface area contributed by atoms with Gasteiger partial charge in [-0.15, -0.1) is 0 Å². The van der Waals surface area contributed by atoms with Gasteiger partial charge in [0.25, 0.3) is 0 Å². The van der Waals surface area contributed by atoms with E-state index in [4.69, 9.17) is 17.2 Å². The molecular weight excluding hydrogens is 987 g/mol. The first-order chi connectivity index (χ1) is 35.9. The van der Waals surface area contributed by atoms with Crippen molar-refractivity contribution in [1.82, 2.24) is 47.9 Å². The predicted molar refractivity (Wildman–Crippen MR) is 280 cm³/mol. The predicted octanol–water partition coefficient (Wildman–Crippen LogP) is -3.53. The van der Waals surface area contributed by atoms with Gasteiger partial charge in [-0.3, -0.25) is 48.1 Å².